The average Bonchev–Trinajstić information content (AvgIpc) is 3.21. The van der Waals surface area contributed by atoms with Crippen LogP contribution >= 0.6 is 0 Å². The zero-order chi connectivity index (χ0) is 15.6. The molecule has 0 radical (unpaired) electrons. The van der Waals surface area contributed by atoms with E-state index in [9.17, 15) is 0 Å². The van der Waals surface area contributed by atoms with Crippen molar-refractivity contribution in [1.29, 1.82) is 0 Å². The highest BCUT2D eigenvalue weighted by Crippen LogP contribution is 2.25. The molecule has 1 aliphatic heterocycles. The number of nitrogens with zero attached hydrogens (tertiary/aromatic N) is 7. The van der Waals surface area contributed by atoms with E-state index >= 15 is 0 Å². The largest absolute Gasteiger partial charge is 0.476 e. The number of hydrogen-bond acceptors (Lipinski definition) is 7. The molecule has 118 valence electrons. The summed E-state index contributed by atoms with van der Waals surface area (Å²) in [5.74, 6) is 2.75. The minimum absolute atomic E-state index is 0.433. The molecule has 23 heavy (non-hydrogen) atoms. The molecule has 0 saturated carbocycles. The van der Waals surface area contributed by atoms with Gasteiger partial charge in [0.05, 0.1) is 12.8 Å². The van der Waals surface area contributed by atoms with E-state index < -0.39 is 0 Å². The van der Waals surface area contributed by atoms with Crippen molar-refractivity contribution in [2.75, 3.05) is 24.6 Å². The van der Waals surface area contributed by atoms with Crippen molar-refractivity contribution in [2.45, 2.75) is 13.3 Å². The Kier molecular flexibility index (Phi) is 3.49. The normalized spacial score (nSPS) is 17.8. The highest BCUT2D eigenvalue weighted by Gasteiger charge is 2.26. The number of fused-ring (bicyclic) bond motifs is 1. The SMILES string of the molecule is Cc1nnc2c(N3CCC(COc4cnccn4)C3)nccn12. The molecular formula is C15H17N7O. The highest BCUT2D eigenvalue weighted by atomic mass is 16.5. The molecule has 0 spiro atoms. The zero-order valence-corrected chi connectivity index (χ0v) is 12.8. The predicted octanol–water partition coefficient (Wildman–Crippen LogP) is 1.13. The number of anilines is 1. The van der Waals surface area contributed by atoms with Gasteiger partial charge in [0.15, 0.2) is 5.82 Å². The summed E-state index contributed by atoms with van der Waals surface area (Å²) in [6.45, 7) is 4.39. The maximum absolute atomic E-state index is 5.71. The Morgan fingerprint density at radius 1 is 1.22 bits per heavy atom. The van der Waals surface area contributed by atoms with Crippen LogP contribution in [0.4, 0.5) is 5.82 Å². The molecule has 1 fully saturated rings. The lowest BCUT2D eigenvalue weighted by molar-refractivity contribution is 0.251. The molecular weight excluding hydrogens is 294 g/mol. The fraction of sp³-hybridized carbons (Fsp3) is 0.400. The molecule has 1 atom stereocenters. The lowest BCUT2D eigenvalue weighted by Crippen LogP contribution is -2.23. The molecule has 3 aromatic rings. The van der Waals surface area contributed by atoms with Crippen molar-refractivity contribution in [3.05, 3.63) is 36.8 Å². The van der Waals surface area contributed by atoms with Crippen LogP contribution in [-0.2, 0) is 0 Å². The number of hydrogen-bond donors (Lipinski definition) is 0. The van der Waals surface area contributed by atoms with Crippen LogP contribution in [0.15, 0.2) is 31.0 Å². The van der Waals surface area contributed by atoms with Gasteiger partial charge in [-0.25, -0.2) is 9.97 Å². The first-order chi connectivity index (χ1) is 11.3. The Labute approximate surface area is 133 Å². The fourth-order valence-electron chi connectivity index (χ4n) is 2.88. The van der Waals surface area contributed by atoms with Gasteiger partial charge in [-0.05, 0) is 13.3 Å². The standard InChI is InChI=1S/C15H17N7O/c1-11-19-20-15-14(18-5-7-22(11)15)21-6-2-12(9-21)10-23-13-8-16-3-4-17-13/h3-5,7-8,12H,2,6,9-10H2,1H3. The Balaban J connectivity index is 1.45. The third-order valence-electron chi connectivity index (χ3n) is 4.07. The van der Waals surface area contributed by atoms with Crippen molar-refractivity contribution < 1.29 is 4.74 Å². The quantitative estimate of drug-likeness (QED) is 0.714. The predicted molar refractivity (Wildman–Crippen MR) is 83.4 cm³/mol. The van der Waals surface area contributed by atoms with Crippen molar-refractivity contribution in [2.24, 2.45) is 5.92 Å². The van der Waals surface area contributed by atoms with Gasteiger partial charge in [-0.1, -0.05) is 0 Å². The molecule has 4 rings (SSSR count). The molecule has 0 aromatic carbocycles. The van der Waals surface area contributed by atoms with E-state index in [-0.39, 0.29) is 0 Å². The minimum Gasteiger partial charge on any atom is -0.476 e. The molecule has 0 bridgehead atoms. The second kappa shape index (κ2) is 5.79. The summed E-state index contributed by atoms with van der Waals surface area (Å²) in [6.07, 6.45) is 9.64. The van der Waals surface area contributed by atoms with E-state index in [0.29, 0.717) is 18.4 Å². The van der Waals surface area contributed by atoms with Crippen molar-refractivity contribution in [1.82, 2.24) is 29.5 Å². The van der Waals surface area contributed by atoms with E-state index in [1.165, 1.54) is 0 Å². The maximum atomic E-state index is 5.71. The lowest BCUT2D eigenvalue weighted by Gasteiger charge is -2.17. The van der Waals surface area contributed by atoms with E-state index in [1.807, 2.05) is 17.5 Å². The summed E-state index contributed by atoms with van der Waals surface area (Å²) < 4.78 is 7.68. The van der Waals surface area contributed by atoms with Gasteiger partial charge >= 0.3 is 0 Å². The van der Waals surface area contributed by atoms with E-state index in [2.05, 4.69) is 30.0 Å². The first kappa shape index (κ1) is 13.9. The lowest BCUT2D eigenvalue weighted by atomic mass is 10.1. The third-order valence-corrected chi connectivity index (χ3v) is 4.07. The first-order valence-electron chi connectivity index (χ1n) is 7.61. The highest BCUT2D eigenvalue weighted by molar-refractivity contribution is 5.64. The Morgan fingerprint density at radius 3 is 3.04 bits per heavy atom. The average molecular weight is 311 g/mol. The summed E-state index contributed by atoms with van der Waals surface area (Å²) in [4.78, 5) is 14.9. The Hall–Kier alpha value is -2.77. The van der Waals surface area contributed by atoms with Crippen molar-refractivity contribution >= 4 is 11.5 Å². The van der Waals surface area contributed by atoms with Crippen LogP contribution in [0, 0.1) is 12.8 Å². The first-order valence-corrected chi connectivity index (χ1v) is 7.61. The molecule has 0 aliphatic carbocycles. The Bertz CT molecular complexity index is 804. The molecule has 1 saturated heterocycles. The summed E-state index contributed by atoms with van der Waals surface area (Å²) in [6, 6.07) is 0. The second-order valence-corrected chi connectivity index (χ2v) is 5.65. The van der Waals surface area contributed by atoms with Gasteiger partial charge in [-0.15, -0.1) is 10.2 Å². The smallest absolute Gasteiger partial charge is 0.232 e. The number of rotatable bonds is 4. The number of ether oxygens (including phenoxy) is 1. The molecule has 1 aliphatic rings. The molecule has 8 heteroatoms. The summed E-state index contributed by atoms with van der Waals surface area (Å²) in [7, 11) is 0. The van der Waals surface area contributed by atoms with Crippen LogP contribution in [-0.4, -0.2) is 49.2 Å². The monoisotopic (exact) mass is 311 g/mol. The van der Waals surface area contributed by atoms with Gasteiger partial charge in [-0.3, -0.25) is 9.38 Å². The molecule has 0 N–H and O–H groups in total. The minimum atomic E-state index is 0.433. The Morgan fingerprint density at radius 2 is 2.17 bits per heavy atom. The van der Waals surface area contributed by atoms with Gasteiger partial charge in [0.2, 0.25) is 11.5 Å². The number of aryl methyl sites for hydroxylation is 1. The third kappa shape index (κ3) is 2.67. The zero-order valence-electron chi connectivity index (χ0n) is 12.8. The van der Waals surface area contributed by atoms with E-state index in [0.717, 1.165) is 36.8 Å². The molecule has 8 nitrogen and oxygen atoms in total. The van der Waals surface area contributed by atoms with Gasteiger partial charge in [-0.2, -0.15) is 0 Å². The number of aromatic nitrogens is 6. The van der Waals surface area contributed by atoms with Gasteiger partial charge in [0.1, 0.15) is 5.82 Å². The topological polar surface area (TPSA) is 81.3 Å². The molecule has 3 aromatic heterocycles. The summed E-state index contributed by atoms with van der Waals surface area (Å²) in [5, 5.41) is 8.37. The van der Waals surface area contributed by atoms with E-state index in [4.69, 9.17) is 4.74 Å². The van der Waals surface area contributed by atoms with Crippen LogP contribution in [0.5, 0.6) is 5.88 Å². The van der Waals surface area contributed by atoms with Gasteiger partial charge in [0, 0.05) is 43.8 Å². The second-order valence-electron chi connectivity index (χ2n) is 5.65. The van der Waals surface area contributed by atoms with Crippen molar-refractivity contribution in [3.63, 3.8) is 0 Å². The fourth-order valence-corrected chi connectivity index (χ4v) is 2.88. The van der Waals surface area contributed by atoms with Crippen LogP contribution in [0.3, 0.4) is 0 Å². The molecule has 4 heterocycles. The summed E-state index contributed by atoms with van der Waals surface area (Å²) in [5.41, 5.74) is 0.806. The van der Waals surface area contributed by atoms with E-state index in [1.54, 1.807) is 24.8 Å². The molecule has 0 amide bonds. The van der Waals surface area contributed by atoms with Crippen LogP contribution < -0.4 is 9.64 Å². The van der Waals surface area contributed by atoms with Crippen LogP contribution in [0.25, 0.3) is 5.65 Å². The summed E-state index contributed by atoms with van der Waals surface area (Å²) >= 11 is 0. The van der Waals surface area contributed by atoms with Crippen LogP contribution in [0.1, 0.15) is 12.2 Å². The maximum Gasteiger partial charge on any atom is 0.232 e. The van der Waals surface area contributed by atoms with Crippen LogP contribution in [0.2, 0.25) is 0 Å². The van der Waals surface area contributed by atoms with Crippen molar-refractivity contribution in [3.8, 4) is 5.88 Å². The molecule has 1 unspecified atom stereocenters. The van der Waals surface area contributed by atoms with Gasteiger partial charge < -0.3 is 9.64 Å². The van der Waals surface area contributed by atoms with Gasteiger partial charge in [0.25, 0.3) is 0 Å².